The Labute approximate surface area is 140 Å². The van der Waals surface area contributed by atoms with E-state index in [2.05, 4.69) is 16.9 Å². The lowest BCUT2D eigenvalue weighted by Crippen LogP contribution is -2.46. The Morgan fingerprint density at radius 2 is 2.09 bits per heavy atom. The van der Waals surface area contributed by atoms with Gasteiger partial charge in [0.15, 0.2) is 0 Å². The van der Waals surface area contributed by atoms with Crippen molar-refractivity contribution in [2.24, 2.45) is 5.92 Å². The molecule has 3 heterocycles. The molecule has 0 radical (unpaired) electrons. The van der Waals surface area contributed by atoms with E-state index < -0.39 is 0 Å². The smallest absolute Gasteiger partial charge is 0.275 e. The quantitative estimate of drug-likeness (QED) is 0.867. The lowest BCUT2D eigenvalue weighted by atomic mass is 9.78. The van der Waals surface area contributed by atoms with E-state index in [1.165, 1.54) is 54.4 Å². The lowest BCUT2D eigenvalue weighted by molar-refractivity contribution is 0.0537. The topological polar surface area (TPSA) is 50.5 Å². The van der Waals surface area contributed by atoms with Gasteiger partial charge in [0.2, 0.25) is 4.96 Å². The molecule has 1 saturated heterocycles. The maximum absolute atomic E-state index is 12.3. The van der Waals surface area contributed by atoms with E-state index in [-0.39, 0.29) is 5.56 Å². The van der Waals surface area contributed by atoms with Crippen molar-refractivity contribution < 1.29 is 0 Å². The monoisotopic (exact) mass is 332 g/mol. The van der Waals surface area contributed by atoms with Crippen molar-refractivity contribution in [3.8, 4) is 0 Å². The molecule has 1 saturated carbocycles. The Hall–Kier alpha value is -1.27. The van der Waals surface area contributed by atoms with Crippen LogP contribution in [-0.4, -0.2) is 32.1 Å². The van der Waals surface area contributed by atoms with Crippen molar-refractivity contribution in [3.63, 3.8) is 0 Å². The Morgan fingerprint density at radius 3 is 2.96 bits per heavy atom. The van der Waals surface area contributed by atoms with E-state index in [1.54, 1.807) is 6.07 Å². The van der Waals surface area contributed by atoms with Gasteiger partial charge in [-0.15, -0.1) is 0 Å². The number of fused-ring (bicyclic) bond motifs is 2. The molecule has 2 aromatic heterocycles. The van der Waals surface area contributed by atoms with Crippen LogP contribution in [0.15, 0.2) is 10.9 Å². The number of hydrogen-bond donors (Lipinski definition) is 0. The highest BCUT2D eigenvalue weighted by molar-refractivity contribution is 7.16. The Balaban J connectivity index is 1.60. The second kappa shape index (κ2) is 6.32. The zero-order valence-corrected chi connectivity index (χ0v) is 14.5. The molecule has 5 nitrogen and oxygen atoms in total. The van der Waals surface area contributed by atoms with Gasteiger partial charge < -0.3 is 0 Å². The molecule has 0 bridgehead atoms. The van der Waals surface area contributed by atoms with Crippen molar-refractivity contribution in [2.75, 3.05) is 6.54 Å². The highest BCUT2D eigenvalue weighted by atomic mass is 32.1. The first-order valence-electron chi connectivity index (χ1n) is 8.87. The first-order valence-corrected chi connectivity index (χ1v) is 9.69. The number of rotatable bonds is 3. The molecule has 0 amide bonds. The van der Waals surface area contributed by atoms with Crippen LogP contribution in [-0.2, 0) is 13.0 Å². The van der Waals surface area contributed by atoms with Crippen LogP contribution in [0.4, 0.5) is 0 Å². The van der Waals surface area contributed by atoms with Crippen molar-refractivity contribution in [3.05, 3.63) is 27.1 Å². The molecular formula is C17H24N4OS. The molecule has 2 unspecified atom stereocenters. The maximum Gasteiger partial charge on any atom is 0.275 e. The van der Waals surface area contributed by atoms with Gasteiger partial charge in [-0.1, -0.05) is 31.1 Å². The van der Waals surface area contributed by atoms with Gasteiger partial charge >= 0.3 is 0 Å². The molecule has 2 fully saturated rings. The zero-order valence-electron chi connectivity index (χ0n) is 13.7. The fourth-order valence-corrected chi connectivity index (χ4v) is 5.11. The molecule has 0 spiro atoms. The van der Waals surface area contributed by atoms with Gasteiger partial charge in [0, 0.05) is 18.7 Å². The second-order valence-electron chi connectivity index (χ2n) is 6.85. The fraction of sp³-hybridized carbons (Fsp3) is 0.706. The molecular weight excluding hydrogens is 308 g/mol. The first kappa shape index (κ1) is 15.3. The van der Waals surface area contributed by atoms with Gasteiger partial charge in [-0.3, -0.25) is 9.69 Å². The number of aryl methyl sites for hydroxylation is 1. The third-order valence-electron chi connectivity index (χ3n) is 5.37. The molecule has 4 rings (SSSR count). The van der Waals surface area contributed by atoms with E-state index in [4.69, 9.17) is 4.98 Å². The van der Waals surface area contributed by atoms with Crippen molar-refractivity contribution in [1.82, 2.24) is 19.5 Å². The summed E-state index contributed by atoms with van der Waals surface area (Å²) in [6, 6.07) is 2.38. The van der Waals surface area contributed by atoms with E-state index in [1.807, 2.05) is 0 Å². The normalized spacial score (nSPS) is 25.6. The summed E-state index contributed by atoms with van der Waals surface area (Å²) in [5, 5.41) is 5.30. The summed E-state index contributed by atoms with van der Waals surface area (Å²) in [4.78, 5) is 20.3. The van der Waals surface area contributed by atoms with Crippen molar-refractivity contribution >= 4 is 16.3 Å². The number of aromatic nitrogens is 3. The van der Waals surface area contributed by atoms with Crippen LogP contribution in [0.5, 0.6) is 0 Å². The average Bonchev–Trinajstić information content (AvgIpc) is 2.99. The molecule has 6 heteroatoms. The van der Waals surface area contributed by atoms with Crippen LogP contribution < -0.4 is 5.56 Å². The Kier molecular flexibility index (Phi) is 4.20. The Bertz CT molecular complexity index is 751. The number of nitrogens with zero attached hydrogens (tertiary/aromatic N) is 4. The number of piperidine rings is 1. The Morgan fingerprint density at radius 1 is 1.26 bits per heavy atom. The molecule has 2 aromatic rings. The molecule has 2 aliphatic rings. The van der Waals surface area contributed by atoms with Crippen LogP contribution in [0, 0.1) is 5.92 Å². The van der Waals surface area contributed by atoms with Crippen LogP contribution in [0.3, 0.4) is 0 Å². The van der Waals surface area contributed by atoms with E-state index in [0.29, 0.717) is 6.04 Å². The molecule has 124 valence electrons. The van der Waals surface area contributed by atoms with E-state index in [0.717, 1.165) is 41.1 Å². The summed E-state index contributed by atoms with van der Waals surface area (Å²) in [7, 11) is 0. The minimum atomic E-state index is -0.0434. The average molecular weight is 332 g/mol. The largest absolute Gasteiger partial charge is 0.294 e. The molecule has 0 aromatic carbocycles. The molecule has 1 aliphatic carbocycles. The van der Waals surface area contributed by atoms with E-state index >= 15 is 0 Å². The standard InChI is InChI=1S/C17H24N4OS/c1-2-15-19-21-16(22)10-13(18-17(21)23-15)11-20-9-5-7-12-6-3-4-8-14(12)20/h10,12,14H,2-9,11H2,1H3. The highest BCUT2D eigenvalue weighted by Crippen LogP contribution is 2.35. The second-order valence-corrected chi connectivity index (χ2v) is 7.89. The summed E-state index contributed by atoms with van der Waals surface area (Å²) in [6.07, 6.45) is 8.94. The predicted molar refractivity (Wildman–Crippen MR) is 91.9 cm³/mol. The van der Waals surface area contributed by atoms with Crippen LogP contribution in [0.25, 0.3) is 4.96 Å². The fourth-order valence-electron chi connectivity index (χ4n) is 4.25. The number of likely N-dealkylation sites (tertiary alicyclic amines) is 1. The SMILES string of the molecule is CCc1nn2c(=O)cc(CN3CCCC4CCCCC43)nc2s1. The van der Waals surface area contributed by atoms with Gasteiger partial charge in [-0.05, 0) is 44.6 Å². The summed E-state index contributed by atoms with van der Waals surface area (Å²) in [5.74, 6) is 0.859. The molecule has 23 heavy (non-hydrogen) atoms. The highest BCUT2D eigenvalue weighted by Gasteiger charge is 2.33. The summed E-state index contributed by atoms with van der Waals surface area (Å²) in [5.41, 5.74) is 0.866. The molecule has 1 aliphatic heterocycles. The zero-order chi connectivity index (χ0) is 15.8. The van der Waals surface area contributed by atoms with Gasteiger partial charge in [-0.2, -0.15) is 9.61 Å². The molecule has 0 N–H and O–H groups in total. The number of hydrogen-bond acceptors (Lipinski definition) is 5. The van der Waals surface area contributed by atoms with Gasteiger partial charge in [0.1, 0.15) is 5.01 Å². The third kappa shape index (κ3) is 2.94. The minimum Gasteiger partial charge on any atom is -0.294 e. The van der Waals surface area contributed by atoms with Crippen LogP contribution >= 0.6 is 11.3 Å². The molecule has 2 atom stereocenters. The maximum atomic E-state index is 12.3. The van der Waals surface area contributed by atoms with Gasteiger partial charge in [-0.25, -0.2) is 4.98 Å². The summed E-state index contributed by atoms with van der Waals surface area (Å²) >= 11 is 1.53. The first-order chi connectivity index (χ1) is 11.2. The van der Waals surface area contributed by atoms with E-state index in [9.17, 15) is 4.79 Å². The lowest BCUT2D eigenvalue weighted by Gasteiger charge is -2.44. The summed E-state index contributed by atoms with van der Waals surface area (Å²) in [6.45, 7) is 4.01. The summed E-state index contributed by atoms with van der Waals surface area (Å²) < 4.78 is 1.45. The van der Waals surface area contributed by atoms with Crippen molar-refractivity contribution in [2.45, 2.75) is 64.5 Å². The predicted octanol–water partition coefficient (Wildman–Crippen LogP) is 2.87. The van der Waals surface area contributed by atoms with Gasteiger partial charge in [0.25, 0.3) is 5.56 Å². The van der Waals surface area contributed by atoms with Gasteiger partial charge in [0.05, 0.1) is 5.69 Å². The van der Waals surface area contributed by atoms with Crippen LogP contribution in [0.1, 0.15) is 56.2 Å². The minimum absolute atomic E-state index is 0.0434. The van der Waals surface area contributed by atoms with Crippen molar-refractivity contribution in [1.29, 1.82) is 0 Å². The third-order valence-corrected chi connectivity index (χ3v) is 6.42. The van der Waals surface area contributed by atoms with Crippen LogP contribution in [0.2, 0.25) is 0 Å².